The first-order valence-corrected chi connectivity index (χ1v) is 3.38. The summed E-state index contributed by atoms with van der Waals surface area (Å²) in [6.45, 7) is 0.985. The molecule has 0 atom stereocenters. The van der Waals surface area contributed by atoms with Crippen molar-refractivity contribution in [2.75, 3.05) is 12.0 Å². The van der Waals surface area contributed by atoms with Crippen LogP contribution in [0.5, 0.6) is 0 Å². The van der Waals surface area contributed by atoms with Gasteiger partial charge in [0.2, 0.25) is 0 Å². The lowest BCUT2D eigenvalue weighted by molar-refractivity contribution is 0.744. The molecule has 0 bridgehead atoms. The average Bonchev–Trinajstić information content (AvgIpc) is 2.05. The first-order valence-electron chi connectivity index (χ1n) is 3.38. The van der Waals surface area contributed by atoms with E-state index in [1.54, 1.807) is 6.20 Å². The van der Waals surface area contributed by atoms with Crippen molar-refractivity contribution in [2.45, 2.75) is 6.42 Å². The summed E-state index contributed by atoms with van der Waals surface area (Å²) >= 11 is 0. The lowest BCUT2D eigenvalue weighted by Crippen LogP contribution is -2.29. The van der Waals surface area contributed by atoms with Gasteiger partial charge in [-0.3, -0.25) is 4.98 Å². The van der Waals surface area contributed by atoms with Crippen molar-refractivity contribution in [3.8, 4) is 0 Å². The van der Waals surface area contributed by atoms with Crippen molar-refractivity contribution in [3.05, 3.63) is 24.0 Å². The number of hydrazine groups is 1. The second-order valence-electron chi connectivity index (χ2n) is 2.33. The Labute approximate surface area is 59.4 Å². The highest BCUT2D eigenvalue weighted by Gasteiger charge is 2.05. The van der Waals surface area contributed by atoms with Crippen molar-refractivity contribution in [1.29, 1.82) is 0 Å². The third-order valence-corrected chi connectivity index (χ3v) is 1.65. The molecule has 1 aliphatic rings. The van der Waals surface area contributed by atoms with Crippen LogP contribution in [-0.4, -0.2) is 11.5 Å². The van der Waals surface area contributed by atoms with Crippen molar-refractivity contribution in [3.63, 3.8) is 0 Å². The van der Waals surface area contributed by atoms with E-state index in [-0.39, 0.29) is 0 Å². The van der Waals surface area contributed by atoms with E-state index >= 15 is 0 Å². The molecule has 0 saturated carbocycles. The molecule has 0 radical (unpaired) electrons. The highest BCUT2D eigenvalue weighted by molar-refractivity contribution is 5.50. The van der Waals surface area contributed by atoms with Gasteiger partial charge in [0.15, 0.2) is 0 Å². The van der Waals surface area contributed by atoms with Crippen LogP contribution in [0.25, 0.3) is 0 Å². The molecule has 0 amide bonds. The summed E-state index contributed by atoms with van der Waals surface area (Å²) in [6.07, 6.45) is 4.76. The van der Waals surface area contributed by atoms with Gasteiger partial charge in [0.1, 0.15) is 0 Å². The minimum atomic E-state index is 0.985. The predicted octanol–water partition coefficient (Wildman–Crippen LogP) is 0.554. The topological polar surface area (TPSA) is 37.0 Å². The Balaban J connectivity index is 2.41. The average molecular weight is 135 g/mol. The molecule has 1 aromatic rings. The molecule has 3 heteroatoms. The van der Waals surface area contributed by atoms with Gasteiger partial charge < -0.3 is 5.43 Å². The molecule has 0 spiro atoms. The predicted molar refractivity (Wildman–Crippen MR) is 39.6 cm³/mol. The van der Waals surface area contributed by atoms with Gasteiger partial charge in [-0.25, -0.2) is 5.43 Å². The molecule has 2 N–H and O–H groups in total. The van der Waals surface area contributed by atoms with Crippen LogP contribution in [0.2, 0.25) is 0 Å². The molecule has 2 rings (SSSR count). The fraction of sp³-hybridized carbons (Fsp3) is 0.286. The van der Waals surface area contributed by atoms with Gasteiger partial charge in [0, 0.05) is 18.9 Å². The molecule has 0 aromatic carbocycles. The summed E-state index contributed by atoms with van der Waals surface area (Å²) in [5, 5.41) is 0. The fourth-order valence-electron chi connectivity index (χ4n) is 1.10. The number of aromatic nitrogens is 1. The van der Waals surface area contributed by atoms with E-state index in [2.05, 4.69) is 15.8 Å². The zero-order valence-corrected chi connectivity index (χ0v) is 5.59. The molecule has 3 nitrogen and oxygen atoms in total. The minimum absolute atomic E-state index is 0.985. The molecule has 1 aromatic heterocycles. The van der Waals surface area contributed by atoms with E-state index in [1.807, 2.05) is 12.3 Å². The number of rotatable bonds is 0. The normalized spacial score (nSPS) is 15.6. The van der Waals surface area contributed by atoms with Crippen LogP contribution < -0.4 is 10.9 Å². The maximum Gasteiger partial charge on any atom is 0.0550 e. The third-order valence-electron chi connectivity index (χ3n) is 1.65. The molecule has 0 fully saturated rings. The number of nitrogens with one attached hydrogen (secondary N) is 2. The van der Waals surface area contributed by atoms with Gasteiger partial charge in [0.25, 0.3) is 0 Å². The Kier molecular flexibility index (Phi) is 1.29. The number of pyridine rings is 1. The second-order valence-corrected chi connectivity index (χ2v) is 2.33. The summed E-state index contributed by atoms with van der Waals surface area (Å²) in [5.41, 5.74) is 8.58. The largest absolute Gasteiger partial charge is 0.321 e. The van der Waals surface area contributed by atoms with Crippen LogP contribution in [-0.2, 0) is 6.42 Å². The van der Waals surface area contributed by atoms with Crippen molar-refractivity contribution < 1.29 is 0 Å². The molecule has 0 unspecified atom stereocenters. The first kappa shape index (κ1) is 5.68. The molecular formula is C7H9N3. The highest BCUT2D eigenvalue weighted by atomic mass is 15.4. The maximum absolute atomic E-state index is 4.03. The lowest BCUT2D eigenvalue weighted by atomic mass is 10.1. The number of hydrogen-bond donors (Lipinski definition) is 2. The van der Waals surface area contributed by atoms with E-state index in [9.17, 15) is 0 Å². The van der Waals surface area contributed by atoms with Crippen LogP contribution in [0.1, 0.15) is 5.56 Å². The van der Waals surface area contributed by atoms with Crippen molar-refractivity contribution in [1.82, 2.24) is 10.4 Å². The second kappa shape index (κ2) is 2.27. The van der Waals surface area contributed by atoms with E-state index in [1.165, 1.54) is 5.56 Å². The fourth-order valence-corrected chi connectivity index (χ4v) is 1.10. The van der Waals surface area contributed by atoms with Crippen LogP contribution >= 0.6 is 0 Å². The quantitative estimate of drug-likeness (QED) is 0.545. The number of fused-ring (bicyclic) bond motifs is 1. The van der Waals surface area contributed by atoms with Crippen molar-refractivity contribution in [2.24, 2.45) is 0 Å². The van der Waals surface area contributed by atoms with Gasteiger partial charge in [-0.05, 0) is 18.1 Å². The number of nitrogens with zero attached hydrogens (tertiary/aromatic N) is 1. The van der Waals surface area contributed by atoms with Crippen LogP contribution in [0.4, 0.5) is 5.69 Å². The Morgan fingerprint density at radius 2 is 2.50 bits per heavy atom. The SMILES string of the molecule is c1cc2c(cn1)CCNN2. The monoisotopic (exact) mass is 135 g/mol. The van der Waals surface area contributed by atoms with E-state index in [0.29, 0.717) is 0 Å². The summed E-state index contributed by atoms with van der Waals surface area (Å²) in [4.78, 5) is 4.03. The Bertz CT molecular complexity index is 209. The van der Waals surface area contributed by atoms with E-state index in [4.69, 9.17) is 0 Å². The summed E-state index contributed by atoms with van der Waals surface area (Å²) in [6, 6.07) is 1.97. The molecule has 2 heterocycles. The maximum atomic E-state index is 4.03. The first-order chi connectivity index (χ1) is 4.97. The Morgan fingerprint density at radius 1 is 1.50 bits per heavy atom. The Hall–Kier alpha value is -1.09. The smallest absolute Gasteiger partial charge is 0.0550 e. The highest BCUT2D eigenvalue weighted by Crippen LogP contribution is 2.14. The minimum Gasteiger partial charge on any atom is -0.321 e. The number of anilines is 1. The van der Waals surface area contributed by atoms with Crippen LogP contribution in [0.3, 0.4) is 0 Å². The third kappa shape index (κ3) is 0.844. The summed E-state index contributed by atoms with van der Waals surface area (Å²) in [5.74, 6) is 0. The lowest BCUT2D eigenvalue weighted by Gasteiger charge is -2.17. The number of hydrogen-bond acceptors (Lipinski definition) is 3. The van der Waals surface area contributed by atoms with Crippen LogP contribution in [0, 0.1) is 0 Å². The summed E-state index contributed by atoms with van der Waals surface area (Å²) < 4.78 is 0. The van der Waals surface area contributed by atoms with E-state index in [0.717, 1.165) is 18.7 Å². The molecule has 0 saturated heterocycles. The van der Waals surface area contributed by atoms with Crippen LogP contribution in [0.15, 0.2) is 18.5 Å². The zero-order chi connectivity index (χ0) is 6.81. The standard InChI is InChI=1S/C7H9N3/c1-4-9-10-7-2-3-8-5-6(1)7/h2-3,5,9-10H,1,4H2. The zero-order valence-electron chi connectivity index (χ0n) is 5.59. The van der Waals surface area contributed by atoms with Gasteiger partial charge in [0.05, 0.1) is 5.69 Å². The van der Waals surface area contributed by atoms with E-state index < -0.39 is 0 Å². The van der Waals surface area contributed by atoms with Gasteiger partial charge in [-0.1, -0.05) is 0 Å². The van der Waals surface area contributed by atoms with Crippen molar-refractivity contribution >= 4 is 5.69 Å². The Morgan fingerprint density at radius 3 is 3.40 bits per heavy atom. The molecular weight excluding hydrogens is 126 g/mol. The van der Waals surface area contributed by atoms with Gasteiger partial charge in [-0.2, -0.15) is 0 Å². The molecule has 0 aliphatic carbocycles. The van der Waals surface area contributed by atoms with Gasteiger partial charge in [-0.15, -0.1) is 0 Å². The molecule has 1 aliphatic heterocycles. The molecule has 52 valence electrons. The van der Waals surface area contributed by atoms with Gasteiger partial charge >= 0.3 is 0 Å². The summed E-state index contributed by atoms with van der Waals surface area (Å²) in [7, 11) is 0. The molecule has 10 heavy (non-hydrogen) atoms.